The maximum atomic E-state index is 11.4. The van der Waals surface area contributed by atoms with Crippen LogP contribution in [0.4, 0.5) is 0 Å². The normalized spacial score (nSPS) is 23.9. The van der Waals surface area contributed by atoms with Crippen LogP contribution >= 0.6 is 0 Å². The van der Waals surface area contributed by atoms with Crippen LogP contribution in [-0.2, 0) is 19.1 Å². The molecule has 0 radical (unpaired) electrons. The molecule has 4 nitrogen and oxygen atoms in total. The molecule has 0 spiro atoms. The predicted molar refractivity (Wildman–Crippen MR) is 58.6 cm³/mol. The molecular formula is C12H18O4. The van der Waals surface area contributed by atoms with Gasteiger partial charge in [0.25, 0.3) is 0 Å². The van der Waals surface area contributed by atoms with Gasteiger partial charge in [0.2, 0.25) is 0 Å². The second-order valence-corrected chi connectivity index (χ2v) is 3.68. The smallest absolute Gasteiger partial charge is 0.312 e. The van der Waals surface area contributed by atoms with Crippen molar-refractivity contribution in [3.05, 3.63) is 12.2 Å². The van der Waals surface area contributed by atoms with Crippen molar-refractivity contribution >= 4 is 11.9 Å². The highest BCUT2D eigenvalue weighted by molar-refractivity contribution is 5.78. The van der Waals surface area contributed by atoms with E-state index in [-0.39, 0.29) is 23.8 Å². The lowest BCUT2D eigenvalue weighted by molar-refractivity contribution is -0.150. The van der Waals surface area contributed by atoms with Crippen molar-refractivity contribution in [1.29, 1.82) is 0 Å². The fourth-order valence-corrected chi connectivity index (χ4v) is 1.71. The van der Waals surface area contributed by atoms with Crippen molar-refractivity contribution < 1.29 is 19.1 Å². The van der Waals surface area contributed by atoms with Crippen molar-refractivity contribution in [2.45, 2.75) is 26.7 Å². The molecule has 1 aliphatic rings. The third-order valence-corrected chi connectivity index (χ3v) is 2.54. The van der Waals surface area contributed by atoms with E-state index < -0.39 is 0 Å². The summed E-state index contributed by atoms with van der Waals surface area (Å²) in [6.07, 6.45) is 4.81. The van der Waals surface area contributed by atoms with Crippen molar-refractivity contribution in [1.82, 2.24) is 0 Å². The molecule has 1 aliphatic carbocycles. The van der Waals surface area contributed by atoms with E-state index in [1.165, 1.54) is 0 Å². The van der Waals surface area contributed by atoms with Gasteiger partial charge in [-0.25, -0.2) is 0 Å². The van der Waals surface area contributed by atoms with Crippen LogP contribution < -0.4 is 0 Å². The number of hydrogen-bond donors (Lipinski definition) is 0. The van der Waals surface area contributed by atoms with Gasteiger partial charge in [0.1, 0.15) is 0 Å². The van der Waals surface area contributed by atoms with E-state index in [0.717, 1.165) is 0 Å². The lowest BCUT2D eigenvalue weighted by Crippen LogP contribution is -2.24. The van der Waals surface area contributed by atoms with E-state index in [2.05, 4.69) is 0 Å². The van der Waals surface area contributed by atoms with Gasteiger partial charge in [0.15, 0.2) is 0 Å². The molecule has 0 bridgehead atoms. The highest BCUT2D eigenvalue weighted by atomic mass is 16.5. The first kappa shape index (κ1) is 12.7. The summed E-state index contributed by atoms with van der Waals surface area (Å²) in [6.45, 7) is 4.35. The summed E-state index contributed by atoms with van der Waals surface area (Å²) in [5, 5.41) is 0. The average Bonchev–Trinajstić information content (AvgIpc) is 2.30. The third-order valence-electron chi connectivity index (χ3n) is 2.54. The zero-order chi connectivity index (χ0) is 12.0. The summed E-state index contributed by atoms with van der Waals surface area (Å²) in [5.41, 5.74) is 0. The Morgan fingerprint density at radius 1 is 1.00 bits per heavy atom. The van der Waals surface area contributed by atoms with Crippen LogP contribution in [0.25, 0.3) is 0 Å². The van der Waals surface area contributed by atoms with E-state index >= 15 is 0 Å². The van der Waals surface area contributed by atoms with Gasteiger partial charge in [-0.15, -0.1) is 0 Å². The molecule has 1 rings (SSSR count). The van der Waals surface area contributed by atoms with Crippen LogP contribution in [-0.4, -0.2) is 25.2 Å². The Labute approximate surface area is 95.6 Å². The highest BCUT2D eigenvalue weighted by Gasteiger charge is 2.26. The van der Waals surface area contributed by atoms with Crippen LogP contribution in [0.15, 0.2) is 12.2 Å². The minimum Gasteiger partial charge on any atom is -0.466 e. The predicted octanol–water partition coefficient (Wildman–Crippen LogP) is 1.70. The van der Waals surface area contributed by atoms with E-state index in [1.807, 2.05) is 0 Å². The summed E-state index contributed by atoms with van der Waals surface area (Å²) < 4.78 is 9.84. The van der Waals surface area contributed by atoms with E-state index in [1.54, 1.807) is 26.0 Å². The molecule has 0 heterocycles. The van der Waals surface area contributed by atoms with Gasteiger partial charge >= 0.3 is 11.9 Å². The third kappa shape index (κ3) is 3.36. The first-order valence-corrected chi connectivity index (χ1v) is 5.70. The SMILES string of the molecule is CCOC(=O)[C@@H]1C=C[C@H](C(=O)OCC)CC1. The maximum Gasteiger partial charge on any atom is 0.312 e. The zero-order valence-electron chi connectivity index (χ0n) is 9.77. The van der Waals surface area contributed by atoms with Crippen molar-refractivity contribution in [2.24, 2.45) is 11.8 Å². The molecule has 0 aromatic heterocycles. The molecule has 0 fully saturated rings. The van der Waals surface area contributed by atoms with Gasteiger partial charge in [-0.3, -0.25) is 9.59 Å². The molecule has 0 aromatic carbocycles. The molecule has 0 unspecified atom stereocenters. The number of hydrogen-bond acceptors (Lipinski definition) is 4. The number of carbonyl (C=O) groups excluding carboxylic acids is 2. The Kier molecular flexibility index (Phi) is 5.02. The summed E-state index contributed by atoms with van der Waals surface area (Å²) in [6, 6.07) is 0. The lowest BCUT2D eigenvalue weighted by atomic mass is 9.88. The number of rotatable bonds is 4. The van der Waals surface area contributed by atoms with Crippen LogP contribution in [0, 0.1) is 11.8 Å². The fraction of sp³-hybridized carbons (Fsp3) is 0.667. The van der Waals surface area contributed by atoms with E-state index in [9.17, 15) is 9.59 Å². The Bertz CT molecular complexity index is 255. The number of esters is 2. The minimum atomic E-state index is -0.207. The zero-order valence-corrected chi connectivity index (χ0v) is 9.77. The molecule has 4 heteroatoms. The lowest BCUT2D eigenvalue weighted by Gasteiger charge is -2.20. The standard InChI is InChI=1S/C12H18O4/c1-3-15-11(13)9-5-7-10(8-6-9)12(14)16-4-2/h5,7,9-10H,3-4,6,8H2,1-2H3/t9-,10+. The van der Waals surface area contributed by atoms with Crippen LogP contribution in [0.1, 0.15) is 26.7 Å². The van der Waals surface area contributed by atoms with Gasteiger partial charge in [0, 0.05) is 0 Å². The molecule has 2 atom stereocenters. The molecule has 0 saturated heterocycles. The summed E-state index contributed by atoms with van der Waals surface area (Å²) in [5.74, 6) is -0.821. The highest BCUT2D eigenvalue weighted by Crippen LogP contribution is 2.24. The average molecular weight is 226 g/mol. The fourth-order valence-electron chi connectivity index (χ4n) is 1.71. The first-order chi connectivity index (χ1) is 7.69. The molecule has 16 heavy (non-hydrogen) atoms. The number of ether oxygens (including phenoxy) is 2. The largest absolute Gasteiger partial charge is 0.466 e. The Morgan fingerprint density at radius 2 is 1.38 bits per heavy atom. The molecule has 90 valence electrons. The second-order valence-electron chi connectivity index (χ2n) is 3.68. The monoisotopic (exact) mass is 226 g/mol. The van der Waals surface area contributed by atoms with Crippen molar-refractivity contribution in [3.8, 4) is 0 Å². The van der Waals surface area contributed by atoms with E-state index in [0.29, 0.717) is 26.1 Å². The Hall–Kier alpha value is -1.32. The van der Waals surface area contributed by atoms with Crippen molar-refractivity contribution in [2.75, 3.05) is 13.2 Å². The number of carbonyl (C=O) groups is 2. The summed E-state index contributed by atoms with van der Waals surface area (Å²) >= 11 is 0. The molecule has 0 aliphatic heterocycles. The van der Waals surface area contributed by atoms with Crippen molar-refractivity contribution in [3.63, 3.8) is 0 Å². The Morgan fingerprint density at radius 3 is 1.62 bits per heavy atom. The quantitative estimate of drug-likeness (QED) is 0.540. The van der Waals surface area contributed by atoms with Gasteiger partial charge in [0.05, 0.1) is 25.0 Å². The van der Waals surface area contributed by atoms with Crippen LogP contribution in [0.3, 0.4) is 0 Å². The van der Waals surface area contributed by atoms with Gasteiger partial charge in [-0.2, -0.15) is 0 Å². The van der Waals surface area contributed by atoms with E-state index in [4.69, 9.17) is 9.47 Å². The topological polar surface area (TPSA) is 52.6 Å². The summed E-state index contributed by atoms with van der Waals surface area (Å²) in [7, 11) is 0. The Balaban J connectivity index is 2.48. The van der Waals surface area contributed by atoms with Crippen LogP contribution in [0.2, 0.25) is 0 Å². The second kappa shape index (κ2) is 6.30. The molecule has 0 aromatic rings. The first-order valence-electron chi connectivity index (χ1n) is 5.70. The molecule has 0 N–H and O–H groups in total. The summed E-state index contributed by atoms with van der Waals surface area (Å²) in [4.78, 5) is 22.8. The van der Waals surface area contributed by atoms with Gasteiger partial charge in [-0.05, 0) is 26.7 Å². The van der Waals surface area contributed by atoms with Gasteiger partial charge in [-0.1, -0.05) is 12.2 Å². The molecule has 0 amide bonds. The minimum absolute atomic E-state index is 0.203. The maximum absolute atomic E-state index is 11.4. The van der Waals surface area contributed by atoms with Gasteiger partial charge < -0.3 is 9.47 Å². The molecule has 0 saturated carbocycles. The molecular weight excluding hydrogens is 208 g/mol. The van der Waals surface area contributed by atoms with Crippen LogP contribution in [0.5, 0.6) is 0 Å².